The Morgan fingerprint density at radius 3 is 1.10 bits per heavy atom. The molecule has 6 nitrogen and oxygen atoms in total. The Balaban J connectivity index is 4.44. The fraction of sp³-hybridized carbons (Fsp3) is 0.696. The molecule has 0 aliphatic rings. The van der Waals surface area contributed by atoms with Crippen LogP contribution in [0.1, 0.15) is 233 Å². The number of carbonyl (C=O) groups excluding carboxylic acids is 3. The van der Waals surface area contributed by atoms with E-state index < -0.39 is 6.10 Å². The van der Waals surface area contributed by atoms with Crippen molar-refractivity contribution in [2.75, 3.05) is 13.2 Å². The molecule has 1 atom stereocenters. The zero-order valence-corrected chi connectivity index (χ0v) is 40.4. The number of hydrogen-bond acceptors (Lipinski definition) is 6. The first-order chi connectivity index (χ1) is 30.5. The van der Waals surface area contributed by atoms with Crippen LogP contribution in [0.2, 0.25) is 0 Å². The predicted octanol–water partition coefficient (Wildman–Crippen LogP) is 16.8. The summed E-state index contributed by atoms with van der Waals surface area (Å²) in [5, 5.41) is 0. The minimum atomic E-state index is -0.817. The molecule has 0 aromatic rings. The van der Waals surface area contributed by atoms with E-state index in [1.807, 2.05) is 54.7 Å². The molecule has 0 saturated heterocycles. The number of rotatable bonds is 45. The van der Waals surface area contributed by atoms with Gasteiger partial charge in [0, 0.05) is 19.3 Å². The van der Waals surface area contributed by atoms with E-state index in [4.69, 9.17) is 14.2 Å². The van der Waals surface area contributed by atoms with E-state index in [1.165, 1.54) is 122 Å². The summed E-state index contributed by atoms with van der Waals surface area (Å²) in [5.41, 5.74) is 0. The van der Waals surface area contributed by atoms with Crippen LogP contribution in [0.3, 0.4) is 0 Å². The van der Waals surface area contributed by atoms with Gasteiger partial charge in [-0.3, -0.25) is 14.4 Å². The SMILES string of the molecule is CC\C=C/C=C\C=C/C=C\C=C/CCCC(=O)OC(COC(=O)CCCCCCC/C=C\CCCCC)COC(=O)CCCCCCCCC/C=C\CCCCCCCCCC. The van der Waals surface area contributed by atoms with Gasteiger partial charge in [-0.1, -0.05) is 215 Å². The molecule has 0 N–H and O–H groups in total. The third-order valence-electron chi connectivity index (χ3n) is 10.7. The van der Waals surface area contributed by atoms with Gasteiger partial charge in [-0.05, 0) is 83.5 Å². The third-order valence-corrected chi connectivity index (χ3v) is 10.7. The molecule has 0 rings (SSSR count). The summed E-state index contributed by atoms with van der Waals surface area (Å²) in [5.74, 6) is -1.00. The maximum absolute atomic E-state index is 12.7. The highest BCUT2D eigenvalue weighted by Gasteiger charge is 2.19. The highest BCUT2D eigenvalue weighted by atomic mass is 16.6. The van der Waals surface area contributed by atoms with E-state index in [1.54, 1.807) is 0 Å². The molecular weight excluding hydrogens is 769 g/mol. The Morgan fingerprint density at radius 1 is 0.339 bits per heavy atom. The second-order valence-electron chi connectivity index (χ2n) is 16.8. The van der Waals surface area contributed by atoms with E-state index in [0.717, 1.165) is 64.2 Å². The minimum Gasteiger partial charge on any atom is -0.462 e. The normalized spacial score (nSPS) is 12.8. The smallest absolute Gasteiger partial charge is 0.306 e. The van der Waals surface area contributed by atoms with Gasteiger partial charge in [0.1, 0.15) is 13.2 Å². The Bertz CT molecular complexity index is 1220. The topological polar surface area (TPSA) is 78.9 Å². The molecule has 0 radical (unpaired) electrons. The van der Waals surface area contributed by atoms with Gasteiger partial charge in [0.25, 0.3) is 0 Å². The molecule has 6 heteroatoms. The van der Waals surface area contributed by atoms with Gasteiger partial charge < -0.3 is 14.2 Å². The predicted molar refractivity (Wildman–Crippen MR) is 265 cm³/mol. The lowest BCUT2D eigenvalue weighted by atomic mass is 10.1. The second kappa shape index (κ2) is 50.2. The van der Waals surface area contributed by atoms with Gasteiger partial charge in [0.05, 0.1) is 0 Å². The lowest BCUT2D eigenvalue weighted by Crippen LogP contribution is -2.30. The van der Waals surface area contributed by atoms with Crippen LogP contribution in [0, 0.1) is 0 Å². The molecule has 0 fully saturated rings. The van der Waals surface area contributed by atoms with Crippen molar-refractivity contribution in [3.8, 4) is 0 Å². The first kappa shape index (κ1) is 58.6. The zero-order valence-electron chi connectivity index (χ0n) is 40.4. The molecule has 0 aliphatic carbocycles. The number of esters is 3. The molecule has 0 spiro atoms. The first-order valence-electron chi connectivity index (χ1n) is 25.7. The maximum atomic E-state index is 12.7. The summed E-state index contributed by atoms with van der Waals surface area (Å²) in [7, 11) is 0. The van der Waals surface area contributed by atoms with Gasteiger partial charge in [0.2, 0.25) is 0 Å². The van der Waals surface area contributed by atoms with E-state index in [0.29, 0.717) is 19.3 Å². The Labute approximate surface area is 382 Å². The molecule has 0 amide bonds. The minimum absolute atomic E-state index is 0.110. The van der Waals surface area contributed by atoms with E-state index in [9.17, 15) is 14.4 Å². The molecule has 1 unspecified atom stereocenters. The number of hydrogen-bond donors (Lipinski definition) is 0. The van der Waals surface area contributed by atoms with Crippen LogP contribution in [0.4, 0.5) is 0 Å². The largest absolute Gasteiger partial charge is 0.462 e. The van der Waals surface area contributed by atoms with Crippen molar-refractivity contribution in [3.05, 3.63) is 85.1 Å². The number of allylic oxidation sites excluding steroid dienone is 14. The van der Waals surface area contributed by atoms with Crippen molar-refractivity contribution in [1.82, 2.24) is 0 Å². The monoisotopic (exact) mass is 863 g/mol. The second-order valence-corrected chi connectivity index (χ2v) is 16.8. The lowest BCUT2D eigenvalue weighted by Gasteiger charge is -2.18. The standard InChI is InChI=1S/C56H94O6/c1-4-7-10-13-16-19-22-25-26-27-28-29-30-32-34-37-40-43-46-49-55(58)61-52-53(51-60-54(57)48-45-42-39-36-33-24-21-18-15-12-9-6-3)62-56(59)50-47-44-41-38-35-31-23-20-17-14-11-8-5-2/h8,11,14,17-18,20-21,23,27-28,31,35,38,41,53H,4-7,9-10,12-13,15-16,19,22,24-26,29-30,32-34,36-37,39-40,42-52H2,1-3H3/b11-8-,17-14-,21-18-,23-20-,28-27-,35-31-,41-38-. The molecule has 0 heterocycles. The molecular formula is C56H94O6. The Hall–Kier alpha value is -3.41. The number of carbonyl (C=O) groups is 3. The molecule has 0 aromatic heterocycles. The van der Waals surface area contributed by atoms with E-state index >= 15 is 0 Å². The summed E-state index contributed by atoms with van der Waals surface area (Å²) < 4.78 is 16.7. The van der Waals surface area contributed by atoms with Crippen molar-refractivity contribution in [3.63, 3.8) is 0 Å². The van der Waals surface area contributed by atoms with Crippen LogP contribution in [0.15, 0.2) is 85.1 Å². The van der Waals surface area contributed by atoms with Crippen molar-refractivity contribution >= 4 is 17.9 Å². The van der Waals surface area contributed by atoms with Crippen molar-refractivity contribution in [2.24, 2.45) is 0 Å². The average molecular weight is 863 g/mol. The summed E-state index contributed by atoms with van der Waals surface area (Å²) in [6.45, 7) is 6.39. The van der Waals surface area contributed by atoms with Crippen molar-refractivity contribution < 1.29 is 28.6 Å². The van der Waals surface area contributed by atoms with Crippen molar-refractivity contribution in [1.29, 1.82) is 0 Å². The quantitative estimate of drug-likeness (QED) is 0.0199. The third kappa shape index (κ3) is 47.6. The van der Waals surface area contributed by atoms with Gasteiger partial charge in [-0.2, -0.15) is 0 Å². The molecule has 0 saturated carbocycles. The van der Waals surface area contributed by atoms with Gasteiger partial charge >= 0.3 is 17.9 Å². The lowest BCUT2D eigenvalue weighted by molar-refractivity contribution is -0.167. The van der Waals surface area contributed by atoms with Gasteiger partial charge in [-0.15, -0.1) is 0 Å². The highest BCUT2D eigenvalue weighted by Crippen LogP contribution is 2.14. The molecule has 62 heavy (non-hydrogen) atoms. The van der Waals surface area contributed by atoms with Crippen LogP contribution in [0.25, 0.3) is 0 Å². The molecule has 0 aliphatic heterocycles. The van der Waals surface area contributed by atoms with Crippen LogP contribution in [-0.4, -0.2) is 37.2 Å². The number of unbranched alkanes of at least 4 members (excludes halogenated alkanes) is 24. The summed E-state index contributed by atoms with van der Waals surface area (Å²) >= 11 is 0. The maximum Gasteiger partial charge on any atom is 0.306 e. The van der Waals surface area contributed by atoms with Crippen LogP contribution in [0.5, 0.6) is 0 Å². The van der Waals surface area contributed by atoms with Crippen molar-refractivity contribution in [2.45, 2.75) is 239 Å². The fourth-order valence-electron chi connectivity index (χ4n) is 6.87. The highest BCUT2D eigenvalue weighted by molar-refractivity contribution is 5.71. The molecule has 0 aromatic carbocycles. The molecule has 0 bridgehead atoms. The van der Waals surface area contributed by atoms with Crippen LogP contribution < -0.4 is 0 Å². The van der Waals surface area contributed by atoms with E-state index in [2.05, 4.69) is 51.2 Å². The first-order valence-corrected chi connectivity index (χ1v) is 25.7. The van der Waals surface area contributed by atoms with E-state index in [-0.39, 0.29) is 37.5 Å². The zero-order chi connectivity index (χ0) is 45.1. The van der Waals surface area contributed by atoms with Gasteiger partial charge in [0.15, 0.2) is 6.10 Å². The Morgan fingerprint density at radius 2 is 0.661 bits per heavy atom. The fourth-order valence-corrected chi connectivity index (χ4v) is 6.87. The molecule has 354 valence electrons. The number of ether oxygens (including phenoxy) is 3. The van der Waals surface area contributed by atoms with Gasteiger partial charge in [-0.25, -0.2) is 0 Å². The van der Waals surface area contributed by atoms with Crippen LogP contribution in [-0.2, 0) is 28.6 Å². The average Bonchev–Trinajstić information content (AvgIpc) is 3.27. The Kier molecular flexibility index (Phi) is 47.5. The summed E-state index contributed by atoms with van der Waals surface area (Å²) in [4.78, 5) is 37.9. The van der Waals surface area contributed by atoms with Crippen LogP contribution >= 0.6 is 0 Å². The summed E-state index contributed by atoms with van der Waals surface area (Å²) in [6.07, 6.45) is 64.4. The summed E-state index contributed by atoms with van der Waals surface area (Å²) in [6, 6.07) is 0.